The number of aromatic carboxylic acids is 1. The van der Waals surface area contributed by atoms with Crippen molar-refractivity contribution in [1.29, 1.82) is 0 Å². The number of carbonyl (C=O) groups is 1. The van der Waals surface area contributed by atoms with Crippen LogP contribution >= 0.6 is 0 Å². The number of pyridine rings is 1. The van der Waals surface area contributed by atoms with E-state index in [9.17, 15) is 14.9 Å². The van der Waals surface area contributed by atoms with E-state index in [2.05, 4.69) is 9.97 Å². The molecule has 0 saturated carbocycles. The monoisotopic (exact) mass is 207 g/mol. The topological polar surface area (TPSA) is 109 Å². The molecule has 0 aromatic carbocycles. The third-order valence-electron chi connectivity index (χ3n) is 1.94. The van der Waals surface area contributed by atoms with Crippen molar-refractivity contribution in [2.75, 3.05) is 0 Å². The van der Waals surface area contributed by atoms with E-state index in [0.29, 0.717) is 5.52 Å². The maximum Gasteiger partial charge on any atom is 0.337 e. The van der Waals surface area contributed by atoms with Crippen LogP contribution < -0.4 is 0 Å². The average molecular weight is 207 g/mol. The van der Waals surface area contributed by atoms with Crippen LogP contribution in [0.2, 0.25) is 0 Å². The second-order valence-corrected chi connectivity index (χ2v) is 2.86. The Morgan fingerprint density at radius 2 is 2.33 bits per heavy atom. The lowest BCUT2D eigenvalue weighted by Gasteiger charge is -1.93. The molecule has 7 heteroatoms. The fourth-order valence-corrected chi connectivity index (χ4v) is 1.25. The second kappa shape index (κ2) is 3.05. The van der Waals surface area contributed by atoms with Crippen molar-refractivity contribution in [3.8, 4) is 0 Å². The SMILES string of the molecule is O=C(O)c1cnc2c([N+](=O)[O-])c[nH]c2c1. The molecule has 2 heterocycles. The Labute approximate surface area is 82.5 Å². The molecule has 0 aliphatic carbocycles. The zero-order chi connectivity index (χ0) is 11.0. The van der Waals surface area contributed by atoms with Gasteiger partial charge in [0.15, 0.2) is 5.52 Å². The van der Waals surface area contributed by atoms with Crippen molar-refractivity contribution >= 4 is 22.7 Å². The van der Waals surface area contributed by atoms with Crippen LogP contribution in [-0.4, -0.2) is 26.0 Å². The summed E-state index contributed by atoms with van der Waals surface area (Å²) >= 11 is 0. The number of fused-ring (bicyclic) bond motifs is 1. The minimum atomic E-state index is -1.12. The largest absolute Gasteiger partial charge is 0.478 e. The zero-order valence-electron chi connectivity index (χ0n) is 7.30. The zero-order valence-corrected chi connectivity index (χ0v) is 7.30. The molecule has 0 atom stereocenters. The summed E-state index contributed by atoms with van der Waals surface area (Å²) in [5.74, 6) is -1.12. The molecule has 2 aromatic rings. The number of aromatic amines is 1. The van der Waals surface area contributed by atoms with Gasteiger partial charge in [-0.2, -0.15) is 0 Å². The van der Waals surface area contributed by atoms with Gasteiger partial charge in [0, 0.05) is 6.20 Å². The van der Waals surface area contributed by atoms with Gasteiger partial charge in [0.05, 0.1) is 22.2 Å². The third kappa shape index (κ3) is 1.39. The second-order valence-electron chi connectivity index (χ2n) is 2.86. The van der Waals surface area contributed by atoms with Gasteiger partial charge in [-0.1, -0.05) is 0 Å². The van der Waals surface area contributed by atoms with E-state index in [1.165, 1.54) is 12.3 Å². The summed E-state index contributed by atoms with van der Waals surface area (Å²) in [5, 5.41) is 19.2. The van der Waals surface area contributed by atoms with Crippen molar-refractivity contribution in [2.45, 2.75) is 0 Å². The summed E-state index contributed by atoms with van der Waals surface area (Å²) in [6, 6.07) is 1.30. The molecule has 2 N–H and O–H groups in total. The van der Waals surface area contributed by atoms with Gasteiger partial charge in [-0.25, -0.2) is 9.78 Å². The fourth-order valence-electron chi connectivity index (χ4n) is 1.25. The summed E-state index contributed by atoms with van der Waals surface area (Å²) in [5.41, 5.74) is 0.313. The number of nitrogens with zero attached hydrogens (tertiary/aromatic N) is 2. The first-order valence-corrected chi connectivity index (χ1v) is 3.94. The van der Waals surface area contributed by atoms with E-state index < -0.39 is 10.9 Å². The summed E-state index contributed by atoms with van der Waals surface area (Å²) < 4.78 is 0. The van der Waals surface area contributed by atoms with Crippen molar-refractivity contribution in [1.82, 2.24) is 9.97 Å². The number of nitro groups is 1. The molecule has 0 saturated heterocycles. The number of carboxylic acid groups (broad SMARTS) is 1. The molecule has 0 fully saturated rings. The van der Waals surface area contributed by atoms with E-state index in [1.807, 2.05) is 0 Å². The van der Waals surface area contributed by atoms with Crippen LogP contribution in [0.15, 0.2) is 18.5 Å². The van der Waals surface area contributed by atoms with Crippen molar-refractivity contribution in [3.05, 3.63) is 34.1 Å². The maximum atomic E-state index is 10.6. The van der Waals surface area contributed by atoms with Crippen LogP contribution in [0.4, 0.5) is 5.69 Å². The molecule has 2 aromatic heterocycles. The summed E-state index contributed by atoms with van der Waals surface area (Å²) in [6.45, 7) is 0. The minimum absolute atomic E-state index is 0.0146. The van der Waals surface area contributed by atoms with E-state index >= 15 is 0 Å². The van der Waals surface area contributed by atoms with E-state index in [-0.39, 0.29) is 16.8 Å². The lowest BCUT2D eigenvalue weighted by Crippen LogP contribution is -1.97. The Bertz CT molecular complexity index is 560. The molecule has 15 heavy (non-hydrogen) atoms. The first-order valence-electron chi connectivity index (χ1n) is 3.94. The van der Waals surface area contributed by atoms with Gasteiger partial charge in [-0.3, -0.25) is 10.1 Å². The van der Waals surface area contributed by atoms with Gasteiger partial charge in [0.2, 0.25) is 0 Å². The van der Waals surface area contributed by atoms with E-state index in [4.69, 9.17) is 5.11 Å². The van der Waals surface area contributed by atoms with E-state index in [1.54, 1.807) is 0 Å². The van der Waals surface area contributed by atoms with Crippen LogP contribution in [0.25, 0.3) is 11.0 Å². The molecule has 0 aliphatic heterocycles. The Kier molecular flexibility index (Phi) is 1.86. The molecule has 0 unspecified atom stereocenters. The van der Waals surface area contributed by atoms with Crippen LogP contribution in [0.5, 0.6) is 0 Å². The Morgan fingerprint density at radius 1 is 1.60 bits per heavy atom. The Morgan fingerprint density at radius 3 is 2.93 bits per heavy atom. The van der Waals surface area contributed by atoms with Crippen molar-refractivity contribution in [2.24, 2.45) is 0 Å². The standard InChI is InChI=1S/C8H5N3O4/c12-8(13)4-1-5-7(10-2-4)6(3-9-5)11(14)15/h1-3,9H,(H,12,13). The first-order chi connectivity index (χ1) is 7.09. The normalized spacial score (nSPS) is 10.4. The van der Waals surface area contributed by atoms with Gasteiger partial charge in [0.1, 0.15) is 0 Å². The quantitative estimate of drug-likeness (QED) is 0.567. The number of H-pyrrole nitrogens is 1. The van der Waals surface area contributed by atoms with Gasteiger partial charge in [-0.05, 0) is 6.07 Å². The van der Waals surface area contributed by atoms with Crippen molar-refractivity contribution in [3.63, 3.8) is 0 Å². The van der Waals surface area contributed by atoms with Gasteiger partial charge < -0.3 is 10.1 Å². The number of nitrogens with one attached hydrogen (secondary N) is 1. The third-order valence-corrected chi connectivity index (χ3v) is 1.94. The molecular formula is C8H5N3O4. The van der Waals surface area contributed by atoms with Gasteiger partial charge in [-0.15, -0.1) is 0 Å². The maximum absolute atomic E-state index is 10.6. The molecule has 0 amide bonds. The van der Waals surface area contributed by atoms with Crippen LogP contribution in [0, 0.1) is 10.1 Å². The molecule has 0 radical (unpaired) electrons. The smallest absolute Gasteiger partial charge is 0.337 e. The van der Waals surface area contributed by atoms with Crippen molar-refractivity contribution < 1.29 is 14.8 Å². The van der Waals surface area contributed by atoms with Gasteiger partial charge >= 0.3 is 11.7 Å². The molecular weight excluding hydrogens is 202 g/mol. The molecule has 7 nitrogen and oxygen atoms in total. The number of aromatic nitrogens is 2. The number of rotatable bonds is 2. The first kappa shape index (κ1) is 9.13. The minimum Gasteiger partial charge on any atom is -0.478 e. The Hall–Kier alpha value is -2.44. The number of hydrogen-bond donors (Lipinski definition) is 2. The Balaban J connectivity index is 2.66. The molecule has 2 rings (SSSR count). The highest BCUT2D eigenvalue weighted by molar-refractivity contribution is 5.93. The van der Waals surface area contributed by atoms with E-state index in [0.717, 1.165) is 6.20 Å². The van der Waals surface area contributed by atoms with Crippen LogP contribution in [0.1, 0.15) is 10.4 Å². The summed E-state index contributed by atoms with van der Waals surface area (Å²) in [7, 11) is 0. The summed E-state index contributed by atoms with van der Waals surface area (Å²) in [4.78, 5) is 26.9. The average Bonchev–Trinajstić information content (AvgIpc) is 2.59. The molecule has 0 aliphatic rings. The summed E-state index contributed by atoms with van der Waals surface area (Å²) in [6.07, 6.45) is 2.27. The predicted octanol–water partition coefficient (Wildman–Crippen LogP) is 1.17. The molecule has 76 valence electrons. The molecule has 0 bridgehead atoms. The molecule has 0 spiro atoms. The number of hydrogen-bond acceptors (Lipinski definition) is 4. The van der Waals surface area contributed by atoms with Crippen LogP contribution in [0.3, 0.4) is 0 Å². The lowest BCUT2D eigenvalue weighted by atomic mass is 10.2. The highest BCUT2D eigenvalue weighted by Gasteiger charge is 2.16. The number of carboxylic acids is 1. The highest BCUT2D eigenvalue weighted by atomic mass is 16.6. The highest BCUT2D eigenvalue weighted by Crippen LogP contribution is 2.23. The lowest BCUT2D eigenvalue weighted by molar-refractivity contribution is -0.383. The van der Waals surface area contributed by atoms with Gasteiger partial charge in [0.25, 0.3) is 0 Å². The van der Waals surface area contributed by atoms with Crippen LogP contribution in [-0.2, 0) is 0 Å². The predicted molar refractivity (Wildman–Crippen MR) is 49.7 cm³/mol. The fraction of sp³-hybridized carbons (Fsp3) is 0.